The van der Waals surface area contributed by atoms with Crippen LogP contribution in [0.2, 0.25) is 0 Å². The summed E-state index contributed by atoms with van der Waals surface area (Å²) in [5.41, 5.74) is 0. The number of carbonyl (C=O) groups is 1. The molecule has 1 atom stereocenters. The van der Waals surface area contributed by atoms with Crippen molar-refractivity contribution in [3.63, 3.8) is 0 Å². The third-order valence-corrected chi connectivity index (χ3v) is 2.05. The predicted molar refractivity (Wildman–Crippen MR) is 43.1 cm³/mol. The lowest BCUT2D eigenvalue weighted by molar-refractivity contribution is -0.149. The van der Waals surface area contributed by atoms with Gasteiger partial charge in [-0.05, 0) is 24.7 Å². The molecule has 0 N–H and O–H groups in total. The molecule has 0 amide bonds. The van der Waals surface area contributed by atoms with Crippen LogP contribution < -0.4 is 0 Å². The molecule has 1 saturated heterocycles. The highest BCUT2D eigenvalue weighted by atomic mass is 16.5. The minimum atomic E-state index is -0.0121. The number of cyclic esters (lactones) is 1. The second-order valence-corrected chi connectivity index (χ2v) is 3.71. The highest BCUT2D eigenvalue weighted by Crippen LogP contribution is 2.22. The highest BCUT2D eigenvalue weighted by Gasteiger charge is 2.20. The van der Waals surface area contributed by atoms with E-state index >= 15 is 0 Å². The summed E-state index contributed by atoms with van der Waals surface area (Å²) < 4.78 is 4.85. The van der Waals surface area contributed by atoms with Crippen LogP contribution in [0, 0.1) is 11.8 Å². The maximum absolute atomic E-state index is 10.8. The van der Waals surface area contributed by atoms with Crippen LogP contribution in [0.1, 0.15) is 33.1 Å². The van der Waals surface area contributed by atoms with Crippen molar-refractivity contribution in [2.45, 2.75) is 33.1 Å². The average Bonchev–Trinajstić information content (AvgIpc) is 1.85. The van der Waals surface area contributed by atoms with Gasteiger partial charge in [-0.2, -0.15) is 0 Å². The Bertz CT molecular complexity index is 140. The molecule has 64 valence electrons. The van der Waals surface area contributed by atoms with Crippen molar-refractivity contribution < 1.29 is 9.53 Å². The third kappa shape index (κ3) is 2.91. The molecular formula is C9H16O2. The zero-order chi connectivity index (χ0) is 8.27. The van der Waals surface area contributed by atoms with Crippen molar-refractivity contribution in [3.8, 4) is 0 Å². The van der Waals surface area contributed by atoms with Gasteiger partial charge in [-0.25, -0.2) is 0 Å². The summed E-state index contributed by atoms with van der Waals surface area (Å²) in [6.45, 7) is 5.02. The number of hydrogen-bond donors (Lipinski definition) is 0. The first kappa shape index (κ1) is 8.57. The van der Waals surface area contributed by atoms with Gasteiger partial charge in [0.15, 0.2) is 0 Å². The summed E-state index contributed by atoms with van der Waals surface area (Å²) in [6, 6.07) is 0. The van der Waals surface area contributed by atoms with Crippen molar-refractivity contribution in [2.24, 2.45) is 11.8 Å². The van der Waals surface area contributed by atoms with Gasteiger partial charge in [-0.3, -0.25) is 4.79 Å². The number of esters is 1. The van der Waals surface area contributed by atoms with Crippen LogP contribution in [0.3, 0.4) is 0 Å². The van der Waals surface area contributed by atoms with Crippen molar-refractivity contribution in [3.05, 3.63) is 0 Å². The van der Waals surface area contributed by atoms with Gasteiger partial charge < -0.3 is 4.74 Å². The third-order valence-electron chi connectivity index (χ3n) is 2.05. The molecule has 0 aromatic heterocycles. The molecule has 1 aliphatic heterocycles. The molecule has 1 aliphatic rings. The summed E-state index contributed by atoms with van der Waals surface area (Å²) in [5, 5.41) is 0. The molecule has 0 bridgehead atoms. The van der Waals surface area contributed by atoms with E-state index in [1.807, 2.05) is 0 Å². The lowest BCUT2D eigenvalue weighted by atomic mass is 9.90. The molecule has 2 nitrogen and oxygen atoms in total. The van der Waals surface area contributed by atoms with Gasteiger partial charge in [0.05, 0.1) is 6.61 Å². The monoisotopic (exact) mass is 156 g/mol. The first-order valence-corrected chi connectivity index (χ1v) is 4.34. The minimum Gasteiger partial charge on any atom is -0.466 e. The topological polar surface area (TPSA) is 26.3 Å². The van der Waals surface area contributed by atoms with Crippen molar-refractivity contribution >= 4 is 5.97 Å². The second kappa shape index (κ2) is 3.74. The molecule has 0 saturated carbocycles. The number of carbonyl (C=O) groups excluding carboxylic acids is 1. The largest absolute Gasteiger partial charge is 0.466 e. The Morgan fingerprint density at radius 3 is 2.91 bits per heavy atom. The minimum absolute atomic E-state index is 0.0121. The molecule has 0 spiro atoms. The first-order valence-electron chi connectivity index (χ1n) is 4.34. The Kier molecular flexibility index (Phi) is 2.92. The SMILES string of the molecule is CC(C)CC1CCOC(=O)C1. The van der Waals surface area contributed by atoms with E-state index in [4.69, 9.17) is 4.74 Å². The van der Waals surface area contributed by atoms with Gasteiger partial charge in [0, 0.05) is 6.42 Å². The van der Waals surface area contributed by atoms with E-state index in [2.05, 4.69) is 13.8 Å². The lowest BCUT2D eigenvalue weighted by Gasteiger charge is -2.22. The number of hydrogen-bond acceptors (Lipinski definition) is 2. The van der Waals surface area contributed by atoms with Crippen LogP contribution in [0.4, 0.5) is 0 Å². The molecule has 0 radical (unpaired) electrons. The van der Waals surface area contributed by atoms with Gasteiger partial charge in [0.25, 0.3) is 0 Å². The smallest absolute Gasteiger partial charge is 0.306 e. The van der Waals surface area contributed by atoms with E-state index in [1.165, 1.54) is 0 Å². The van der Waals surface area contributed by atoms with E-state index in [-0.39, 0.29) is 5.97 Å². The van der Waals surface area contributed by atoms with Crippen LogP contribution in [0.5, 0.6) is 0 Å². The Morgan fingerprint density at radius 1 is 1.64 bits per heavy atom. The lowest BCUT2D eigenvalue weighted by Crippen LogP contribution is -2.21. The quantitative estimate of drug-likeness (QED) is 0.571. The molecule has 0 aliphatic carbocycles. The van der Waals surface area contributed by atoms with E-state index in [1.54, 1.807) is 0 Å². The van der Waals surface area contributed by atoms with Crippen LogP contribution in [-0.4, -0.2) is 12.6 Å². The summed E-state index contributed by atoms with van der Waals surface area (Å²) in [4.78, 5) is 10.8. The van der Waals surface area contributed by atoms with E-state index in [0.29, 0.717) is 24.9 Å². The van der Waals surface area contributed by atoms with Crippen molar-refractivity contribution in [1.82, 2.24) is 0 Å². The molecular weight excluding hydrogens is 140 g/mol. The maximum Gasteiger partial charge on any atom is 0.306 e. The van der Waals surface area contributed by atoms with Gasteiger partial charge in [-0.15, -0.1) is 0 Å². The maximum atomic E-state index is 10.8. The molecule has 1 unspecified atom stereocenters. The van der Waals surface area contributed by atoms with E-state index < -0.39 is 0 Å². The normalized spacial score (nSPS) is 25.4. The highest BCUT2D eigenvalue weighted by molar-refractivity contribution is 5.70. The van der Waals surface area contributed by atoms with E-state index in [9.17, 15) is 4.79 Å². The van der Waals surface area contributed by atoms with Crippen LogP contribution in [-0.2, 0) is 9.53 Å². The zero-order valence-corrected chi connectivity index (χ0v) is 7.30. The van der Waals surface area contributed by atoms with Gasteiger partial charge in [0.1, 0.15) is 0 Å². The van der Waals surface area contributed by atoms with Crippen molar-refractivity contribution in [2.75, 3.05) is 6.61 Å². The molecule has 0 aromatic rings. The van der Waals surface area contributed by atoms with Crippen LogP contribution in [0.25, 0.3) is 0 Å². The Hall–Kier alpha value is -0.530. The molecule has 1 rings (SSSR count). The summed E-state index contributed by atoms with van der Waals surface area (Å²) in [7, 11) is 0. The van der Waals surface area contributed by atoms with Gasteiger partial charge in [-0.1, -0.05) is 13.8 Å². The van der Waals surface area contributed by atoms with Gasteiger partial charge >= 0.3 is 5.97 Å². The molecule has 11 heavy (non-hydrogen) atoms. The van der Waals surface area contributed by atoms with Gasteiger partial charge in [0.2, 0.25) is 0 Å². The fourth-order valence-corrected chi connectivity index (χ4v) is 1.60. The fraction of sp³-hybridized carbons (Fsp3) is 0.889. The standard InChI is InChI=1S/C9H16O2/c1-7(2)5-8-3-4-11-9(10)6-8/h7-8H,3-6H2,1-2H3. The van der Waals surface area contributed by atoms with Crippen molar-refractivity contribution in [1.29, 1.82) is 0 Å². The fourth-order valence-electron chi connectivity index (χ4n) is 1.60. The summed E-state index contributed by atoms with van der Waals surface area (Å²) in [5.74, 6) is 1.27. The molecule has 1 fully saturated rings. The molecule has 1 heterocycles. The Labute approximate surface area is 67.9 Å². The zero-order valence-electron chi connectivity index (χ0n) is 7.30. The molecule has 0 aromatic carbocycles. The first-order chi connectivity index (χ1) is 5.18. The number of ether oxygens (including phenoxy) is 1. The Balaban J connectivity index is 2.28. The number of rotatable bonds is 2. The Morgan fingerprint density at radius 2 is 2.36 bits per heavy atom. The summed E-state index contributed by atoms with van der Waals surface area (Å²) in [6.07, 6.45) is 2.86. The molecule has 2 heteroatoms. The average molecular weight is 156 g/mol. The second-order valence-electron chi connectivity index (χ2n) is 3.71. The summed E-state index contributed by atoms with van der Waals surface area (Å²) >= 11 is 0. The van der Waals surface area contributed by atoms with Crippen LogP contribution >= 0.6 is 0 Å². The van der Waals surface area contributed by atoms with E-state index in [0.717, 1.165) is 12.8 Å². The predicted octanol–water partition coefficient (Wildman–Crippen LogP) is 1.99. The van der Waals surface area contributed by atoms with Crippen LogP contribution in [0.15, 0.2) is 0 Å².